The first-order chi connectivity index (χ1) is 11.2. The minimum atomic E-state index is -0.0977. The Kier molecular flexibility index (Phi) is 4.80. The Morgan fingerprint density at radius 1 is 1.17 bits per heavy atom. The number of anilines is 1. The number of nitrogens with zero attached hydrogens (tertiary/aromatic N) is 5. The van der Waals surface area contributed by atoms with Gasteiger partial charge in [-0.3, -0.25) is 9.78 Å². The molecule has 1 amide bonds. The van der Waals surface area contributed by atoms with E-state index < -0.39 is 0 Å². The highest BCUT2D eigenvalue weighted by Gasteiger charge is 2.17. The Hall–Kier alpha value is -2.50. The molecule has 23 heavy (non-hydrogen) atoms. The molecule has 0 atom stereocenters. The molecule has 1 aliphatic rings. The Balaban J connectivity index is 1.58. The summed E-state index contributed by atoms with van der Waals surface area (Å²) in [6.07, 6.45) is 10.00. The standard InChI is InChI=1S/C17H21N5O/c1-21(11-6-14-4-7-18-8-5-14)17(23)15-12-20-16(13-19-15)22-9-2-3-10-22/h4-5,7-8,12-13H,2-3,6,9-11H2,1H3. The zero-order valence-corrected chi connectivity index (χ0v) is 13.4. The number of aromatic nitrogens is 3. The smallest absolute Gasteiger partial charge is 0.273 e. The van der Waals surface area contributed by atoms with Gasteiger partial charge in [-0.2, -0.15) is 0 Å². The van der Waals surface area contributed by atoms with Crippen LogP contribution < -0.4 is 4.90 Å². The topological polar surface area (TPSA) is 62.2 Å². The van der Waals surface area contributed by atoms with Crippen molar-refractivity contribution < 1.29 is 4.79 Å². The van der Waals surface area contributed by atoms with E-state index >= 15 is 0 Å². The van der Waals surface area contributed by atoms with E-state index in [1.165, 1.54) is 12.8 Å². The van der Waals surface area contributed by atoms with E-state index in [0.717, 1.165) is 30.9 Å². The molecule has 6 nitrogen and oxygen atoms in total. The van der Waals surface area contributed by atoms with Crippen molar-refractivity contribution in [2.75, 3.05) is 31.6 Å². The van der Waals surface area contributed by atoms with Crippen molar-refractivity contribution in [3.63, 3.8) is 0 Å². The average molecular weight is 311 g/mol. The Labute approximate surface area is 136 Å². The average Bonchev–Trinajstić information content (AvgIpc) is 3.15. The molecule has 0 saturated carbocycles. The van der Waals surface area contributed by atoms with Crippen molar-refractivity contribution in [3.05, 3.63) is 48.2 Å². The number of likely N-dealkylation sites (N-methyl/N-ethyl adjacent to an activating group) is 1. The van der Waals surface area contributed by atoms with Crippen molar-refractivity contribution in [2.24, 2.45) is 0 Å². The third kappa shape index (κ3) is 3.83. The van der Waals surface area contributed by atoms with Crippen LogP contribution in [0.15, 0.2) is 36.9 Å². The van der Waals surface area contributed by atoms with E-state index in [-0.39, 0.29) is 5.91 Å². The summed E-state index contributed by atoms with van der Waals surface area (Å²) in [6.45, 7) is 2.68. The van der Waals surface area contributed by atoms with Crippen LogP contribution in [0, 0.1) is 0 Å². The van der Waals surface area contributed by atoms with E-state index in [2.05, 4.69) is 19.9 Å². The summed E-state index contributed by atoms with van der Waals surface area (Å²) in [5, 5.41) is 0. The lowest BCUT2D eigenvalue weighted by atomic mass is 10.2. The Morgan fingerprint density at radius 2 is 1.91 bits per heavy atom. The van der Waals surface area contributed by atoms with Crippen LogP contribution in [-0.4, -0.2) is 52.4 Å². The van der Waals surface area contributed by atoms with Gasteiger partial charge in [0.15, 0.2) is 0 Å². The molecule has 1 fully saturated rings. The van der Waals surface area contributed by atoms with E-state index in [9.17, 15) is 4.79 Å². The summed E-state index contributed by atoms with van der Waals surface area (Å²) < 4.78 is 0. The minimum absolute atomic E-state index is 0.0977. The molecule has 0 bridgehead atoms. The Morgan fingerprint density at radius 3 is 2.57 bits per heavy atom. The first kappa shape index (κ1) is 15.4. The van der Waals surface area contributed by atoms with Crippen molar-refractivity contribution >= 4 is 11.7 Å². The quantitative estimate of drug-likeness (QED) is 0.842. The van der Waals surface area contributed by atoms with Crippen LogP contribution in [-0.2, 0) is 6.42 Å². The van der Waals surface area contributed by atoms with E-state index in [1.807, 2.05) is 12.1 Å². The maximum atomic E-state index is 12.4. The van der Waals surface area contributed by atoms with Crippen LogP contribution in [0.3, 0.4) is 0 Å². The molecular weight excluding hydrogens is 290 g/mol. The maximum absolute atomic E-state index is 12.4. The fraction of sp³-hybridized carbons (Fsp3) is 0.412. The van der Waals surface area contributed by atoms with Gasteiger partial charge in [0.05, 0.1) is 12.4 Å². The van der Waals surface area contributed by atoms with Gasteiger partial charge in [0.2, 0.25) is 0 Å². The maximum Gasteiger partial charge on any atom is 0.273 e. The first-order valence-electron chi connectivity index (χ1n) is 7.95. The fourth-order valence-electron chi connectivity index (χ4n) is 2.68. The zero-order valence-electron chi connectivity index (χ0n) is 13.4. The summed E-state index contributed by atoms with van der Waals surface area (Å²) in [6, 6.07) is 3.92. The van der Waals surface area contributed by atoms with Crippen LogP contribution in [0.5, 0.6) is 0 Å². The van der Waals surface area contributed by atoms with Crippen molar-refractivity contribution in [2.45, 2.75) is 19.3 Å². The molecule has 0 aliphatic carbocycles. The molecule has 6 heteroatoms. The van der Waals surface area contributed by atoms with Gasteiger partial charge in [0, 0.05) is 39.1 Å². The number of hydrogen-bond donors (Lipinski definition) is 0. The molecule has 0 N–H and O–H groups in total. The largest absolute Gasteiger partial charge is 0.355 e. The Bertz CT molecular complexity index is 638. The lowest BCUT2D eigenvalue weighted by Gasteiger charge is -2.18. The SMILES string of the molecule is CN(CCc1ccncc1)C(=O)c1cnc(N2CCCC2)cn1. The number of carbonyl (C=O) groups excluding carboxylic acids is 1. The fourth-order valence-corrected chi connectivity index (χ4v) is 2.68. The van der Waals surface area contributed by atoms with Crippen LogP contribution in [0.25, 0.3) is 0 Å². The van der Waals surface area contributed by atoms with E-state index in [4.69, 9.17) is 0 Å². The van der Waals surface area contributed by atoms with Gasteiger partial charge in [-0.15, -0.1) is 0 Å². The van der Waals surface area contributed by atoms with Crippen LogP contribution in [0.4, 0.5) is 5.82 Å². The number of pyridine rings is 1. The highest BCUT2D eigenvalue weighted by atomic mass is 16.2. The van der Waals surface area contributed by atoms with Crippen LogP contribution in [0.1, 0.15) is 28.9 Å². The molecule has 1 saturated heterocycles. The van der Waals surface area contributed by atoms with Crippen molar-refractivity contribution in [3.8, 4) is 0 Å². The predicted molar refractivity (Wildman–Crippen MR) is 88.4 cm³/mol. The number of rotatable bonds is 5. The second-order valence-corrected chi connectivity index (χ2v) is 5.79. The molecule has 0 radical (unpaired) electrons. The minimum Gasteiger partial charge on any atom is -0.355 e. The van der Waals surface area contributed by atoms with Crippen molar-refractivity contribution in [1.29, 1.82) is 0 Å². The highest BCUT2D eigenvalue weighted by Crippen LogP contribution is 2.16. The predicted octanol–water partition coefficient (Wildman–Crippen LogP) is 1.79. The molecule has 2 aromatic rings. The highest BCUT2D eigenvalue weighted by molar-refractivity contribution is 5.91. The molecule has 3 rings (SSSR count). The first-order valence-corrected chi connectivity index (χ1v) is 7.95. The van der Waals surface area contributed by atoms with Gasteiger partial charge in [-0.05, 0) is 37.0 Å². The number of hydrogen-bond acceptors (Lipinski definition) is 5. The molecule has 0 unspecified atom stereocenters. The molecular formula is C17H21N5O. The van der Waals surface area contributed by atoms with E-state index in [0.29, 0.717) is 12.2 Å². The zero-order chi connectivity index (χ0) is 16.1. The third-order valence-corrected chi connectivity index (χ3v) is 4.12. The molecule has 120 valence electrons. The second-order valence-electron chi connectivity index (χ2n) is 5.79. The molecule has 1 aliphatic heterocycles. The van der Waals surface area contributed by atoms with Gasteiger partial charge in [-0.1, -0.05) is 0 Å². The number of amides is 1. The summed E-state index contributed by atoms with van der Waals surface area (Å²) in [7, 11) is 1.79. The van der Waals surface area contributed by atoms with Crippen LogP contribution >= 0.6 is 0 Å². The summed E-state index contributed by atoms with van der Waals surface area (Å²) in [5.41, 5.74) is 1.56. The van der Waals surface area contributed by atoms with Gasteiger partial charge < -0.3 is 9.80 Å². The molecule has 0 aromatic carbocycles. The van der Waals surface area contributed by atoms with E-state index in [1.54, 1.807) is 36.7 Å². The van der Waals surface area contributed by atoms with Crippen LogP contribution in [0.2, 0.25) is 0 Å². The summed E-state index contributed by atoms with van der Waals surface area (Å²) >= 11 is 0. The van der Waals surface area contributed by atoms with Gasteiger partial charge in [-0.25, -0.2) is 9.97 Å². The lowest BCUT2D eigenvalue weighted by molar-refractivity contribution is 0.0790. The molecule has 2 aromatic heterocycles. The monoisotopic (exact) mass is 311 g/mol. The summed E-state index contributed by atoms with van der Waals surface area (Å²) in [5.74, 6) is 0.762. The molecule has 0 spiro atoms. The second kappa shape index (κ2) is 7.17. The normalized spacial score (nSPS) is 14.0. The van der Waals surface area contributed by atoms with Crippen molar-refractivity contribution in [1.82, 2.24) is 19.9 Å². The molecule has 3 heterocycles. The van der Waals surface area contributed by atoms with Gasteiger partial charge >= 0.3 is 0 Å². The van der Waals surface area contributed by atoms with Gasteiger partial charge in [0.25, 0.3) is 5.91 Å². The lowest BCUT2D eigenvalue weighted by Crippen LogP contribution is -2.30. The summed E-state index contributed by atoms with van der Waals surface area (Å²) in [4.78, 5) is 29.0. The number of carbonyl (C=O) groups is 1. The van der Waals surface area contributed by atoms with Gasteiger partial charge in [0.1, 0.15) is 11.5 Å². The third-order valence-electron chi connectivity index (χ3n) is 4.12.